The molecule has 4 spiro atoms. The van der Waals surface area contributed by atoms with Gasteiger partial charge in [0.15, 0.2) is 0 Å². The molecule has 12 fully saturated rings. The Balaban J connectivity index is 0.000000171. The Labute approximate surface area is 837 Å². The van der Waals surface area contributed by atoms with Crippen molar-refractivity contribution in [2.45, 2.75) is 330 Å². The molecule has 4 saturated heterocycles. The van der Waals surface area contributed by atoms with Crippen LogP contribution in [-0.2, 0) is 86.0 Å². The Hall–Kier alpha value is -10.6. The molecular weight excluding hydrogens is 1950 g/mol. The highest BCUT2D eigenvalue weighted by atomic mass is 35.5. The number of halogens is 10. The number of para-hydroxylation sites is 2. The third-order valence-corrected chi connectivity index (χ3v) is 29.7. The van der Waals surface area contributed by atoms with Crippen molar-refractivity contribution < 1.29 is 150 Å². The number of carbonyl (C=O) groups is 16. The first-order chi connectivity index (χ1) is 67.2. The molecular formula is C100H132Cl2F8N10O24. The lowest BCUT2D eigenvalue weighted by Gasteiger charge is -2.44. The number of likely N-dealkylation sites (tertiary alicyclic amines) is 3. The molecule has 2 aromatic carbocycles. The van der Waals surface area contributed by atoms with E-state index in [1.54, 1.807) is 84.0 Å². The Kier molecular flexibility index (Phi) is 36.5. The molecule has 34 nitrogen and oxygen atoms in total. The van der Waals surface area contributed by atoms with Gasteiger partial charge in [0.1, 0.15) is 88.0 Å². The van der Waals surface area contributed by atoms with E-state index in [-0.39, 0.29) is 142 Å². The number of hydrogen-bond donors (Lipinski definition) is 9. The maximum atomic E-state index is 13.9. The van der Waals surface area contributed by atoms with E-state index < -0.39 is 202 Å². The Morgan fingerprint density at radius 2 is 0.757 bits per heavy atom. The van der Waals surface area contributed by atoms with Crippen LogP contribution in [0, 0.1) is 45.3 Å². The molecule has 6 amide bonds. The van der Waals surface area contributed by atoms with Crippen LogP contribution in [0.25, 0.3) is 21.8 Å². The third kappa shape index (κ3) is 29.2. The maximum Gasteiger partial charge on any atom is 0.411 e. The van der Waals surface area contributed by atoms with Gasteiger partial charge in [-0.3, -0.25) is 53.0 Å². The number of nitrogens with two attached hydrogens (primary N) is 1. The highest BCUT2D eigenvalue weighted by Gasteiger charge is 2.67. The second-order valence-electron chi connectivity index (χ2n) is 43.2. The number of ether oxygens (including phenoxy) is 6. The highest BCUT2D eigenvalue weighted by molar-refractivity contribution is 6.35. The second-order valence-corrected chi connectivity index (χ2v) is 44.0. The van der Waals surface area contributed by atoms with Crippen molar-refractivity contribution in [1.82, 2.24) is 45.9 Å². The summed E-state index contributed by atoms with van der Waals surface area (Å²) in [6.45, 7) is 10.4. The minimum Gasteiger partial charge on any atom is -0.480 e. The molecule has 144 heavy (non-hydrogen) atoms. The van der Waals surface area contributed by atoms with Crippen molar-refractivity contribution in [1.29, 1.82) is 0 Å². The standard InChI is InChI=1S/C27H30ClF2N3O5.C23H34F2N2O6.C18H26F2N2O4.C13H19F2NO4.C10H17NO3.C9H6ClNO2/c1-38-25(37)19(9-15-5-2-3-8-21(15)34)32-23(35)20-11-26(12-27(29,30)13-26)14-33(20)24(36)18-10-16-6-4-7-17(28)22(16)31-18;1-21(2,3)33-20(31)27-13-22(11-23(24,25)12-22)10-16(27)18(29)26-15(19(30)32-4)9-14-7-5-6-8-17(14)28;1-26-16(25)12(6-11-4-2-3-5-14(11)23)22-15(24)13-7-17(10-21-13)8-18(19,20)9-17;1-11(2,3)20-10(19)16-7-12(4-8(16)9(17)18)5-13(14,15)6-12;1-14-10(13)8(11)6-7-4-2-3-5-9(7)12;10-6-3-1-2-5-4-7(9(12)13)11-8(5)6/h4,6-7,10,15,19-20,31H,2-3,5,8-9,11-14H2,1H3,(H,32,35);14-16H,5-13H2,1-4H3,(H,26,29);11-13,21H,2-10H2,1H3,(H,22,24);8H,4-7H2,1-3H3,(H,17,18);7-8H,2-6,11H2,1H3;1-4,11H,(H,12,13)/t15-,19-,20?;14-,15-,16?;11-,12-,13?;;7-,8-;/m000.0./s1. The van der Waals surface area contributed by atoms with Crippen LogP contribution < -0.4 is 27.0 Å². The number of H-pyrrole nitrogens is 2. The van der Waals surface area contributed by atoms with Gasteiger partial charge < -0.3 is 80.5 Å². The van der Waals surface area contributed by atoms with Crippen LogP contribution in [0.5, 0.6) is 0 Å². The van der Waals surface area contributed by atoms with E-state index in [9.17, 15) is 117 Å². The fourth-order valence-electron chi connectivity index (χ4n) is 22.5. The van der Waals surface area contributed by atoms with E-state index in [1.165, 1.54) is 38.2 Å². The lowest BCUT2D eigenvalue weighted by atomic mass is 9.65. The van der Waals surface area contributed by atoms with Gasteiger partial charge in [0.05, 0.1) is 55.6 Å². The molecule has 0 bridgehead atoms. The van der Waals surface area contributed by atoms with Crippen LogP contribution in [-0.4, -0.2) is 267 Å². The molecule has 8 saturated carbocycles. The number of nitrogens with zero attached hydrogens (tertiary/aromatic N) is 3. The molecule has 8 aliphatic carbocycles. The number of nitrogens with one attached hydrogen (secondary N) is 6. The second kappa shape index (κ2) is 46.2. The molecule has 12 atom stereocenters. The first kappa shape index (κ1) is 114. The van der Waals surface area contributed by atoms with Gasteiger partial charge in [-0.2, -0.15) is 0 Å². The lowest BCUT2D eigenvalue weighted by Crippen LogP contribution is -2.52. The smallest absolute Gasteiger partial charge is 0.411 e. The zero-order valence-electron chi connectivity index (χ0n) is 82.6. The summed E-state index contributed by atoms with van der Waals surface area (Å²) in [7, 11) is 4.94. The number of hydrogen-bond acceptors (Lipinski definition) is 24. The number of aromatic nitrogens is 2. The number of Topliss-reactive ketones (excluding diaryl/α,β-unsaturated/α-hetero) is 4. The van der Waals surface area contributed by atoms with Crippen LogP contribution in [0.2, 0.25) is 10.0 Å². The normalized spacial score (nSPS) is 25.3. The van der Waals surface area contributed by atoms with Crippen LogP contribution in [0.3, 0.4) is 0 Å². The van der Waals surface area contributed by atoms with Gasteiger partial charge in [-0.25, -0.2) is 68.7 Å². The first-order valence-electron chi connectivity index (χ1n) is 48.9. The summed E-state index contributed by atoms with van der Waals surface area (Å²) < 4.78 is 137. The Bertz CT molecular complexity index is 5420. The van der Waals surface area contributed by atoms with E-state index in [1.807, 2.05) is 6.07 Å². The highest BCUT2D eigenvalue weighted by Crippen LogP contribution is 2.62. The molecule has 10 N–H and O–H groups in total. The van der Waals surface area contributed by atoms with Crippen molar-refractivity contribution in [2.75, 3.05) is 54.6 Å². The lowest BCUT2D eigenvalue weighted by molar-refractivity contribution is -0.157. The van der Waals surface area contributed by atoms with E-state index >= 15 is 0 Å². The Morgan fingerprint density at radius 3 is 1.09 bits per heavy atom. The van der Waals surface area contributed by atoms with Crippen LogP contribution in [0.15, 0.2) is 48.5 Å². The summed E-state index contributed by atoms with van der Waals surface area (Å²) in [5.41, 5.74) is 2.55. The molecule has 6 heterocycles. The Morgan fingerprint density at radius 1 is 0.438 bits per heavy atom. The molecule has 4 unspecified atom stereocenters. The predicted molar refractivity (Wildman–Crippen MR) is 504 cm³/mol. The average molecular weight is 2080 g/mol. The van der Waals surface area contributed by atoms with Crippen molar-refractivity contribution in [3.63, 3.8) is 0 Å². The molecule has 0 radical (unpaired) electrons. The number of aliphatic carboxylic acids is 1. The fraction of sp³-hybridized carbons (Fsp3) is 0.680. The summed E-state index contributed by atoms with van der Waals surface area (Å²) in [6.07, 6.45) is 9.14. The number of carbonyl (C=O) groups excluding carboxylic acids is 14. The topological polar surface area (TPSA) is 484 Å². The minimum atomic E-state index is -2.84. The van der Waals surface area contributed by atoms with E-state index in [0.717, 1.165) is 68.1 Å². The molecule has 2 aromatic heterocycles. The molecule has 16 rings (SSSR count). The zero-order chi connectivity index (χ0) is 106. The summed E-state index contributed by atoms with van der Waals surface area (Å²) in [5.74, 6) is -18.3. The zero-order valence-corrected chi connectivity index (χ0v) is 84.1. The number of carboxylic acids is 2. The van der Waals surface area contributed by atoms with Gasteiger partial charge in [-0.15, -0.1) is 0 Å². The van der Waals surface area contributed by atoms with Gasteiger partial charge in [-0.05, 0) is 174 Å². The largest absolute Gasteiger partial charge is 0.480 e. The van der Waals surface area contributed by atoms with Crippen molar-refractivity contribution >= 4 is 140 Å². The number of aromatic amines is 2. The quantitative estimate of drug-likeness (QED) is 0.0212. The van der Waals surface area contributed by atoms with Gasteiger partial charge >= 0.3 is 48.0 Å². The molecule has 4 aliphatic heterocycles. The number of benzene rings is 2. The van der Waals surface area contributed by atoms with Crippen LogP contribution in [0.1, 0.15) is 268 Å². The van der Waals surface area contributed by atoms with E-state index in [4.69, 9.17) is 57.7 Å². The number of esters is 4. The van der Waals surface area contributed by atoms with Crippen LogP contribution >= 0.6 is 23.2 Å². The number of methoxy groups -OCH3 is 4. The fourth-order valence-corrected chi connectivity index (χ4v) is 23.0. The SMILES string of the molecule is CC(C)(C)OC(=O)N1CC2(CC1C(=O)O)CC(F)(F)C2.COC(=O)[C@@H](N)C[C@@H]1CCCCC1=O.COC(=O)[C@H](C[C@@H]1CCCCC1=O)NC(=O)C1CC2(CN1)CC(F)(F)C2.COC(=O)[C@H](C[C@@H]1CCCCC1=O)NC(=O)C1CC2(CN1C(=O)OC(C)(C)C)CC(F)(F)C2.COC(=O)[C@H](C[C@@H]1CCCCC1=O)NC(=O)C1CC2(CN1C(=O)c1cc3cccc(Cl)c3[nH]1)CC(F)(F)C2.O=C(O)c1cc2cccc(Cl)c2[nH]1. The van der Waals surface area contributed by atoms with Gasteiger partial charge in [-0.1, -0.05) is 73.2 Å². The minimum absolute atomic E-state index is 0.00733. The number of aromatic carboxylic acids is 1. The predicted octanol–water partition coefficient (Wildman–Crippen LogP) is 14.7. The van der Waals surface area contributed by atoms with Gasteiger partial charge in [0, 0.05) is 154 Å². The number of fused-ring (bicyclic) bond motifs is 2. The number of carboxylic acid groups (broad SMARTS) is 2. The monoisotopic (exact) mass is 2080 g/mol. The summed E-state index contributed by atoms with van der Waals surface area (Å²) >= 11 is 12.1. The van der Waals surface area contributed by atoms with Crippen LogP contribution in [0.4, 0.5) is 44.7 Å². The van der Waals surface area contributed by atoms with Crippen molar-refractivity contribution in [3.8, 4) is 0 Å². The first-order valence-corrected chi connectivity index (χ1v) is 49.6. The summed E-state index contributed by atoms with van der Waals surface area (Å²) in [5, 5.41) is 31.3. The van der Waals surface area contributed by atoms with E-state index in [0.29, 0.717) is 90.8 Å². The maximum absolute atomic E-state index is 13.9. The van der Waals surface area contributed by atoms with Crippen molar-refractivity contribution in [2.24, 2.45) is 51.1 Å². The van der Waals surface area contributed by atoms with Gasteiger partial charge in [0.2, 0.25) is 41.4 Å². The summed E-state index contributed by atoms with van der Waals surface area (Å²) in [4.78, 5) is 205. The molecule has 796 valence electrons. The summed E-state index contributed by atoms with van der Waals surface area (Å²) in [6, 6.07) is 6.22. The van der Waals surface area contributed by atoms with Gasteiger partial charge in [0.25, 0.3) is 5.91 Å². The average Bonchev–Trinajstić information content (AvgIpc) is 1.56. The van der Waals surface area contributed by atoms with Crippen molar-refractivity contribution in [3.05, 3.63) is 70.0 Å². The molecule has 12 aliphatic rings. The number of ketones is 4. The molecule has 44 heteroatoms. The van der Waals surface area contributed by atoms with E-state index in [2.05, 4.69) is 36.0 Å². The number of alkyl halides is 8. The number of rotatable bonds is 21. The number of amides is 6. The third-order valence-electron chi connectivity index (χ3n) is 29.1. The molecule has 4 aromatic rings.